The molecule has 0 saturated carbocycles. The number of piperidine rings is 1. The minimum atomic E-state index is 0.604. The highest BCUT2D eigenvalue weighted by Crippen LogP contribution is 2.42. The van der Waals surface area contributed by atoms with E-state index in [1.165, 1.54) is 54.1 Å². The van der Waals surface area contributed by atoms with E-state index in [-0.39, 0.29) is 0 Å². The number of nitrogens with one attached hydrogen (secondary N) is 1. The van der Waals surface area contributed by atoms with E-state index in [0.29, 0.717) is 5.92 Å². The highest BCUT2D eigenvalue weighted by molar-refractivity contribution is 9.10. The molecule has 0 bridgehead atoms. The Morgan fingerprint density at radius 2 is 2.11 bits per heavy atom. The van der Waals surface area contributed by atoms with Crippen molar-refractivity contribution < 1.29 is 4.74 Å². The van der Waals surface area contributed by atoms with E-state index in [9.17, 15) is 0 Å². The summed E-state index contributed by atoms with van der Waals surface area (Å²) < 4.78 is 6.94. The third-order valence-corrected chi connectivity index (χ3v) is 5.35. The van der Waals surface area contributed by atoms with Crippen LogP contribution in [0.1, 0.15) is 48.3 Å². The summed E-state index contributed by atoms with van der Waals surface area (Å²) in [6.45, 7) is 2.24. The predicted molar refractivity (Wildman–Crippen MR) is 82.2 cm³/mol. The second kappa shape index (κ2) is 5.84. The molecule has 3 rings (SSSR count). The van der Waals surface area contributed by atoms with Gasteiger partial charge in [0.1, 0.15) is 5.75 Å². The number of hydrogen-bond acceptors (Lipinski definition) is 2. The van der Waals surface area contributed by atoms with E-state index in [2.05, 4.69) is 27.3 Å². The van der Waals surface area contributed by atoms with Crippen LogP contribution in [0.4, 0.5) is 0 Å². The van der Waals surface area contributed by atoms with Gasteiger partial charge in [-0.25, -0.2) is 0 Å². The fourth-order valence-electron chi connectivity index (χ4n) is 3.48. The van der Waals surface area contributed by atoms with E-state index in [4.69, 9.17) is 4.74 Å². The van der Waals surface area contributed by atoms with Crippen LogP contribution in [0.3, 0.4) is 0 Å². The van der Waals surface area contributed by atoms with Gasteiger partial charge in [-0.1, -0.05) is 6.07 Å². The zero-order valence-corrected chi connectivity index (χ0v) is 13.2. The first-order valence-corrected chi connectivity index (χ1v) is 8.19. The van der Waals surface area contributed by atoms with Gasteiger partial charge in [0.05, 0.1) is 11.6 Å². The molecular weight excluding hydrogens is 302 g/mol. The number of hydrogen-bond donors (Lipinski definition) is 1. The highest BCUT2D eigenvalue weighted by atomic mass is 79.9. The molecule has 1 aliphatic heterocycles. The Kier molecular flexibility index (Phi) is 4.13. The van der Waals surface area contributed by atoms with Crippen molar-refractivity contribution in [3.8, 4) is 5.75 Å². The Bertz CT molecular complexity index is 466. The maximum atomic E-state index is 5.72. The van der Waals surface area contributed by atoms with Gasteiger partial charge in [0, 0.05) is 12.5 Å². The van der Waals surface area contributed by atoms with Crippen molar-refractivity contribution in [1.82, 2.24) is 5.32 Å². The van der Waals surface area contributed by atoms with E-state index in [1.54, 1.807) is 12.7 Å². The third kappa shape index (κ3) is 2.55. The lowest BCUT2D eigenvalue weighted by atomic mass is 9.84. The lowest BCUT2D eigenvalue weighted by Crippen LogP contribution is -2.28. The van der Waals surface area contributed by atoms with E-state index in [0.717, 1.165) is 18.8 Å². The van der Waals surface area contributed by atoms with Gasteiger partial charge in [0.15, 0.2) is 0 Å². The zero-order chi connectivity index (χ0) is 13.2. The van der Waals surface area contributed by atoms with Crippen LogP contribution in [0.5, 0.6) is 5.75 Å². The largest absolute Gasteiger partial charge is 0.495 e. The molecular formula is C16H22BrNO. The van der Waals surface area contributed by atoms with Crippen molar-refractivity contribution in [2.75, 3.05) is 20.2 Å². The van der Waals surface area contributed by atoms with Crippen molar-refractivity contribution in [2.24, 2.45) is 0 Å². The van der Waals surface area contributed by atoms with Gasteiger partial charge in [-0.2, -0.15) is 0 Å². The van der Waals surface area contributed by atoms with Gasteiger partial charge in [-0.15, -0.1) is 0 Å². The Labute approximate surface area is 124 Å². The summed E-state index contributed by atoms with van der Waals surface area (Å²) in [4.78, 5) is 0. The van der Waals surface area contributed by atoms with Crippen LogP contribution >= 0.6 is 15.9 Å². The van der Waals surface area contributed by atoms with Crippen molar-refractivity contribution in [2.45, 2.75) is 44.4 Å². The fraction of sp³-hybridized carbons (Fsp3) is 0.625. The quantitative estimate of drug-likeness (QED) is 0.893. The lowest BCUT2D eigenvalue weighted by molar-refractivity contribution is 0.388. The Morgan fingerprint density at radius 1 is 1.26 bits per heavy atom. The summed E-state index contributed by atoms with van der Waals surface area (Å²) in [6.07, 6.45) is 7.59. The average Bonchev–Trinajstić information content (AvgIpc) is 2.48. The van der Waals surface area contributed by atoms with Crippen LogP contribution in [0.2, 0.25) is 0 Å². The number of rotatable bonds is 2. The zero-order valence-electron chi connectivity index (χ0n) is 11.6. The molecule has 0 amide bonds. The van der Waals surface area contributed by atoms with Crippen molar-refractivity contribution >= 4 is 15.9 Å². The standard InChI is InChI=1S/C16H22BrNO/c1-19-16-14(12-6-4-8-18-10-12)9-11-5-2-3-7-13(11)15(16)17/h9,12,18H,2-8,10H2,1H3. The number of fused-ring (bicyclic) bond motifs is 1. The predicted octanol–water partition coefficient (Wildman–Crippen LogP) is 3.80. The molecule has 19 heavy (non-hydrogen) atoms. The van der Waals surface area contributed by atoms with Gasteiger partial charge < -0.3 is 10.1 Å². The van der Waals surface area contributed by atoms with Gasteiger partial charge in [-0.3, -0.25) is 0 Å². The van der Waals surface area contributed by atoms with E-state index >= 15 is 0 Å². The van der Waals surface area contributed by atoms with Gasteiger partial charge >= 0.3 is 0 Å². The van der Waals surface area contributed by atoms with Crippen molar-refractivity contribution in [3.63, 3.8) is 0 Å². The molecule has 1 aromatic rings. The fourth-order valence-corrected chi connectivity index (χ4v) is 4.33. The first kappa shape index (κ1) is 13.4. The van der Waals surface area contributed by atoms with Crippen LogP contribution in [-0.4, -0.2) is 20.2 Å². The first-order valence-electron chi connectivity index (χ1n) is 7.40. The number of methoxy groups -OCH3 is 1. The van der Waals surface area contributed by atoms with Gasteiger partial charge in [0.25, 0.3) is 0 Å². The molecule has 1 N–H and O–H groups in total. The smallest absolute Gasteiger partial charge is 0.136 e. The second-order valence-electron chi connectivity index (χ2n) is 5.70. The average molecular weight is 324 g/mol. The number of halogens is 1. The van der Waals surface area contributed by atoms with Crippen LogP contribution in [0, 0.1) is 0 Å². The third-order valence-electron chi connectivity index (χ3n) is 4.51. The molecule has 2 aliphatic rings. The van der Waals surface area contributed by atoms with E-state index in [1.807, 2.05) is 0 Å². The molecule has 104 valence electrons. The number of aryl methyl sites for hydroxylation is 1. The Hall–Kier alpha value is -0.540. The molecule has 1 saturated heterocycles. The lowest BCUT2D eigenvalue weighted by Gasteiger charge is -2.28. The maximum absolute atomic E-state index is 5.72. The van der Waals surface area contributed by atoms with Crippen LogP contribution in [0.15, 0.2) is 10.5 Å². The van der Waals surface area contributed by atoms with Crippen LogP contribution < -0.4 is 10.1 Å². The molecule has 0 radical (unpaired) electrons. The minimum Gasteiger partial charge on any atom is -0.495 e. The van der Waals surface area contributed by atoms with E-state index < -0.39 is 0 Å². The molecule has 1 heterocycles. The monoisotopic (exact) mass is 323 g/mol. The molecule has 1 aliphatic carbocycles. The maximum Gasteiger partial charge on any atom is 0.136 e. The van der Waals surface area contributed by atoms with Gasteiger partial charge in [0.2, 0.25) is 0 Å². The summed E-state index contributed by atoms with van der Waals surface area (Å²) in [5, 5.41) is 3.51. The molecule has 1 unspecified atom stereocenters. The first-order chi connectivity index (χ1) is 9.31. The molecule has 0 aromatic heterocycles. The molecule has 2 nitrogen and oxygen atoms in total. The number of benzene rings is 1. The Morgan fingerprint density at radius 3 is 2.84 bits per heavy atom. The summed E-state index contributed by atoms with van der Waals surface area (Å²) in [5.41, 5.74) is 4.43. The molecule has 1 fully saturated rings. The Balaban J connectivity index is 2.04. The van der Waals surface area contributed by atoms with Crippen molar-refractivity contribution in [1.29, 1.82) is 0 Å². The molecule has 3 heteroatoms. The van der Waals surface area contributed by atoms with Gasteiger partial charge in [-0.05, 0) is 77.7 Å². The highest BCUT2D eigenvalue weighted by Gasteiger charge is 2.25. The number of ether oxygens (including phenoxy) is 1. The SMILES string of the molecule is COc1c(C2CCCNC2)cc2c(c1Br)CCCC2. The normalized spacial score (nSPS) is 22.9. The van der Waals surface area contributed by atoms with Crippen LogP contribution in [-0.2, 0) is 12.8 Å². The molecule has 0 spiro atoms. The molecule has 1 atom stereocenters. The van der Waals surface area contributed by atoms with Crippen molar-refractivity contribution in [3.05, 3.63) is 27.2 Å². The summed E-state index contributed by atoms with van der Waals surface area (Å²) in [7, 11) is 1.80. The summed E-state index contributed by atoms with van der Waals surface area (Å²) >= 11 is 3.80. The topological polar surface area (TPSA) is 21.3 Å². The minimum absolute atomic E-state index is 0.604. The second-order valence-corrected chi connectivity index (χ2v) is 6.49. The molecule has 1 aromatic carbocycles. The summed E-state index contributed by atoms with van der Waals surface area (Å²) in [6, 6.07) is 2.43. The summed E-state index contributed by atoms with van der Waals surface area (Å²) in [5.74, 6) is 1.68. The van der Waals surface area contributed by atoms with Crippen LogP contribution in [0.25, 0.3) is 0 Å².